The fraction of sp³-hybridized carbons (Fsp3) is 0.364. The minimum Gasteiger partial charge on any atom is -0.345 e. The Morgan fingerprint density at radius 2 is 1.96 bits per heavy atom. The predicted octanol–water partition coefficient (Wildman–Crippen LogP) is 4.87. The Morgan fingerprint density at radius 1 is 1.25 bits per heavy atom. The Morgan fingerprint density at radius 3 is 2.54 bits per heavy atom. The number of rotatable bonds is 5. The number of carbonyl (C=O) groups excluding carboxylic acids is 1. The SMILES string of the molecule is Cc1nc(-c2cc(C)n(CC(=O)NC3(c4ccc(F)cc4)CCC3)c2C)cs1. The van der Waals surface area contributed by atoms with Crippen molar-refractivity contribution in [2.45, 2.75) is 52.1 Å². The molecule has 0 atom stereocenters. The van der Waals surface area contributed by atoms with Crippen LogP contribution >= 0.6 is 11.3 Å². The van der Waals surface area contributed by atoms with Gasteiger partial charge in [0.1, 0.15) is 12.4 Å². The van der Waals surface area contributed by atoms with E-state index >= 15 is 0 Å². The number of nitrogens with one attached hydrogen (secondary N) is 1. The van der Waals surface area contributed by atoms with E-state index in [4.69, 9.17) is 0 Å². The zero-order valence-corrected chi connectivity index (χ0v) is 17.2. The quantitative estimate of drug-likeness (QED) is 0.668. The first-order valence-corrected chi connectivity index (χ1v) is 10.4. The molecule has 0 aliphatic heterocycles. The van der Waals surface area contributed by atoms with Crippen molar-refractivity contribution < 1.29 is 9.18 Å². The van der Waals surface area contributed by atoms with E-state index in [-0.39, 0.29) is 23.8 Å². The topological polar surface area (TPSA) is 46.9 Å². The summed E-state index contributed by atoms with van der Waals surface area (Å²) in [5.74, 6) is -0.278. The molecule has 1 aliphatic rings. The van der Waals surface area contributed by atoms with E-state index < -0.39 is 0 Å². The summed E-state index contributed by atoms with van der Waals surface area (Å²) in [6, 6.07) is 8.58. The summed E-state index contributed by atoms with van der Waals surface area (Å²) in [4.78, 5) is 17.5. The molecule has 1 amide bonds. The van der Waals surface area contributed by atoms with Gasteiger partial charge in [0.25, 0.3) is 0 Å². The number of aryl methyl sites for hydroxylation is 2. The summed E-state index contributed by atoms with van der Waals surface area (Å²) < 4.78 is 15.3. The average molecular weight is 398 g/mol. The van der Waals surface area contributed by atoms with E-state index in [0.717, 1.165) is 52.5 Å². The van der Waals surface area contributed by atoms with Crippen molar-refractivity contribution in [2.24, 2.45) is 0 Å². The molecular formula is C22H24FN3OS. The molecule has 0 bridgehead atoms. The van der Waals surface area contributed by atoms with Crippen molar-refractivity contribution in [3.8, 4) is 11.3 Å². The van der Waals surface area contributed by atoms with Crippen molar-refractivity contribution >= 4 is 17.2 Å². The summed E-state index contributed by atoms with van der Waals surface area (Å²) in [6.45, 7) is 6.31. The van der Waals surface area contributed by atoms with Gasteiger partial charge in [-0.2, -0.15) is 0 Å². The Kier molecular flexibility index (Phi) is 4.83. The third-order valence-electron chi connectivity index (χ3n) is 5.75. The van der Waals surface area contributed by atoms with Crippen LogP contribution in [0.1, 0.15) is 41.2 Å². The van der Waals surface area contributed by atoms with Crippen LogP contribution in [-0.4, -0.2) is 15.5 Å². The summed E-state index contributed by atoms with van der Waals surface area (Å²) in [5.41, 5.74) is 4.73. The molecule has 0 radical (unpaired) electrons. The van der Waals surface area contributed by atoms with Crippen LogP contribution in [0.15, 0.2) is 35.7 Å². The van der Waals surface area contributed by atoms with E-state index in [0.29, 0.717) is 0 Å². The number of benzene rings is 1. The highest BCUT2D eigenvalue weighted by molar-refractivity contribution is 7.09. The molecule has 1 fully saturated rings. The maximum atomic E-state index is 13.3. The van der Waals surface area contributed by atoms with Gasteiger partial charge in [0.05, 0.1) is 16.2 Å². The average Bonchev–Trinajstić information content (AvgIpc) is 3.17. The Bertz CT molecular complexity index is 1020. The highest BCUT2D eigenvalue weighted by atomic mass is 32.1. The van der Waals surface area contributed by atoms with Crippen LogP contribution < -0.4 is 5.32 Å². The molecule has 4 nitrogen and oxygen atoms in total. The zero-order chi connectivity index (χ0) is 19.9. The second kappa shape index (κ2) is 7.17. The number of amides is 1. The predicted molar refractivity (Wildman–Crippen MR) is 110 cm³/mol. The summed E-state index contributed by atoms with van der Waals surface area (Å²) in [7, 11) is 0. The Labute approximate surface area is 168 Å². The van der Waals surface area contributed by atoms with Gasteiger partial charge in [-0.3, -0.25) is 4.79 Å². The first-order chi connectivity index (χ1) is 13.4. The van der Waals surface area contributed by atoms with Gasteiger partial charge in [-0.15, -0.1) is 11.3 Å². The van der Waals surface area contributed by atoms with Crippen LogP contribution in [0.3, 0.4) is 0 Å². The van der Waals surface area contributed by atoms with E-state index in [2.05, 4.69) is 21.7 Å². The molecule has 0 unspecified atom stereocenters. The monoisotopic (exact) mass is 397 g/mol. The van der Waals surface area contributed by atoms with Crippen LogP contribution in [0, 0.1) is 26.6 Å². The third-order valence-corrected chi connectivity index (χ3v) is 6.53. The first kappa shape index (κ1) is 18.9. The van der Waals surface area contributed by atoms with Gasteiger partial charge in [-0.1, -0.05) is 12.1 Å². The normalized spacial score (nSPS) is 15.3. The zero-order valence-electron chi connectivity index (χ0n) is 16.4. The Balaban J connectivity index is 1.54. The molecule has 1 aromatic carbocycles. The lowest BCUT2D eigenvalue weighted by atomic mass is 9.72. The largest absolute Gasteiger partial charge is 0.345 e. The highest BCUT2D eigenvalue weighted by Crippen LogP contribution is 2.41. The lowest BCUT2D eigenvalue weighted by Gasteiger charge is -2.43. The maximum Gasteiger partial charge on any atom is 0.240 e. The summed E-state index contributed by atoms with van der Waals surface area (Å²) in [5, 5.41) is 6.31. The molecule has 6 heteroatoms. The molecule has 3 aromatic rings. The molecule has 0 spiro atoms. The van der Waals surface area contributed by atoms with Crippen molar-refractivity contribution in [1.82, 2.24) is 14.9 Å². The number of carbonyl (C=O) groups is 1. The van der Waals surface area contributed by atoms with Crippen molar-refractivity contribution in [2.75, 3.05) is 0 Å². The summed E-state index contributed by atoms with van der Waals surface area (Å²) in [6.07, 6.45) is 2.83. The molecule has 4 rings (SSSR count). The fourth-order valence-corrected chi connectivity index (χ4v) is 4.64. The number of thiazole rings is 1. The van der Waals surface area contributed by atoms with Gasteiger partial charge in [0, 0.05) is 22.3 Å². The van der Waals surface area contributed by atoms with Gasteiger partial charge >= 0.3 is 0 Å². The molecule has 0 saturated heterocycles. The second-order valence-corrected chi connectivity index (χ2v) is 8.68. The van der Waals surface area contributed by atoms with Crippen LogP contribution in [0.2, 0.25) is 0 Å². The fourth-order valence-electron chi connectivity index (χ4n) is 4.03. The summed E-state index contributed by atoms with van der Waals surface area (Å²) >= 11 is 1.63. The standard InChI is InChI=1S/C22H24FN3OS/c1-14-11-19(20-13-28-16(3)24-20)15(2)26(14)12-21(27)25-22(9-4-10-22)17-5-7-18(23)8-6-17/h5-8,11,13H,4,9-10,12H2,1-3H3,(H,25,27). The number of aromatic nitrogens is 2. The molecule has 1 aliphatic carbocycles. The van der Waals surface area contributed by atoms with E-state index in [1.807, 2.05) is 25.3 Å². The minimum atomic E-state index is -0.366. The molecule has 2 heterocycles. The number of halogens is 1. The third kappa shape index (κ3) is 3.37. The second-order valence-electron chi connectivity index (χ2n) is 7.61. The molecule has 28 heavy (non-hydrogen) atoms. The van der Waals surface area contributed by atoms with Crippen molar-refractivity contribution in [3.05, 3.63) is 63.5 Å². The number of nitrogens with zero attached hydrogens (tertiary/aromatic N) is 2. The van der Waals surface area contributed by atoms with Crippen LogP contribution in [0.4, 0.5) is 4.39 Å². The smallest absolute Gasteiger partial charge is 0.240 e. The lowest BCUT2D eigenvalue weighted by molar-refractivity contribution is -0.125. The minimum absolute atomic E-state index is 0.0215. The van der Waals surface area contributed by atoms with Gasteiger partial charge < -0.3 is 9.88 Å². The molecule has 2 aromatic heterocycles. The number of hydrogen-bond acceptors (Lipinski definition) is 3. The highest BCUT2D eigenvalue weighted by Gasteiger charge is 2.40. The van der Waals surface area contributed by atoms with Crippen molar-refractivity contribution in [1.29, 1.82) is 0 Å². The first-order valence-electron chi connectivity index (χ1n) is 9.54. The maximum absolute atomic E-state index is 13.3. The van der Waals surface area contributed by atoms with E-state index in [1.165, 1.54) is 12.1 Å². The molecule has 1 N–H and O–H groups in total. The van der Waals surface area contributed by atoms with E-state index in [1.54, 1.807) is 23.5 Å². The number of hydrogen-bond donors (Lipinski definition) is 1. The van der Waals surface area contributed by atoms with Gasteiger partial charge in [0.2, 0.25) is 5.91 Å². The van der Waals surface area contributed by atoms with Crippen LogP contribution in [-0.2, 0) is 16.9 Å². The van der Waals surface area contributed by atoms with Gasteiger partial charge in [-0.05, 0) is 63.8 Å². The van der Waals surface area contributed by atoms with Gasteiger partial charge in [0.15, 0.2) is 0 Å². The van der Waals surface area contributed by atoms with Crippen LogP contribution in [0.25, 0.3) is 11.3 Å². The molecule has 1 saturated carbocycles. The molecule has 146 valence electrons. The molecular weight excluding hydrogens is 373 g/mol. The van der Waals surface area contributed by atoms with Crippen molar-refractivity contribution in [3.63, 3.8) is 0 Å². The van der Waals surface area contributed by atoms with E-state index in [9.17, 15) is 9.18 Å². The lowest BCUT2D eigenvalue weighted by Crippen LogP contribution is -2.51. The van der Waals surface area contributed by atoms with Crippen LogP contribution in [0.5, 0.6) is 0 Å². The van der Waals surface area contributed by atoms with Gasteiger partial charge in [-0.25, -0.2) is 9.37 Å². The Hall–Kier alpha value is -2.47.